The van der Waals surface area contributed by atoms with Crippen LogP contribution < -0.4 is 10.2 Å². The molecule has 1 aliphatic heterocycles. The Balaban J connectivity index is 1.73. The lowest BCUT2D eigenvalue weighted by molar-refractivity contribution is -0.139. The van der Waals surface area contributed by atoms with Crippen LogP contribution >= 0.6 is 11.6 Å². The van der Waals surface area contributed by atoms with Crippen molar-refractivity contribution in [2.45, 2.75) is 26.8 Å². The average Bonchev–Trinajstić information content (AvgIpc) is 3.25. The lowest BCUT2D eigenvalue weighted by Crippen LogP contribution is -2.40. The van der Waals surface area contributed by atoms with E-state index in [0.29, 0.717) is 27.9 Å². The third-order valence-corrected chi connectivity index (χ3v) is 5.64. The summed E-state index contributed by atoms with van der Waals surface area (Å²) in [6.45, 7) is 5.71. The van der Waals surface area contributed by atoms with E-state index in [2.05, 4.69) is 15.4 Å². The molecule has 2 heterocycles. The lowest BCUT2D eigenvalue weighted by Gasteiger charge is -2.35. The molecule has 170 valence electrons. The topological polar surface area (TPSA) is 89.3 Å². The fourth-order valence-electron chi connectivity index (χ4n) is 3.86. The third-order valence-electron chi connectivity index (χ3n) is 5.41. The number of aromatic nitrogens is 3. The van der Waals surface area contributed by atoms with Gasteiger partial charge in [0, 0.05) is 16.4 Å². The molecule has 0 saturated carbocycles. The molecule has 0 bridgehead atoms. The Morgan fingerprint density at radius 1 is 1.15 bits per heavy atom. The van der Waals surface area contributed by atoms with Gasteiger partial charge in [0.15, 0.2) is 0 Å². The van der Waals surface area contributed by atoms with Gasteiger partial charge in [-0.25, -0.2) is 9.48 Å². The van der Waals surface area contributed by atoms with Gasteiger partial charge in [-0.1, -0.05) is 47.5 Å². The van der Waals surface area contributed by atoms with Crippen molar-refractivity contribution in [3.8, 4) is 0 Å². The number of hydrogen-bond acceptors (Lipinski definition) is 6. The zero-order valence-corrected chi connectivity index (χ0v) is 19.3. The van der Waals surface area contributed by atoms with Gasteiger partial charge in [0.1, 0.15) is 18.9 Å². The molecule has 2 aromatic carbocycles. The highest BCUT2D eigenvalue weighted by atomic mass is 35.5. The van der Waals surface area contributed by atoms with Crippen molar-refractivity contribution in [2.24, 2.45) is 0 Å². The van der Waals surface area contributed by atoms with E-state index in [1.165, 1.54) is 6.33 Å². The van der Waals surface area contributed by atoms with Crippen LogP contribution in [0.2, 0.25) is 5.02 Å². The van der Waals surface area contributed by atoms with Crippen molar-refractivity contribution in [3.05, 3.63) is 82.3 Å². The smallest absolute Gasteiger partial charge is 0.338 e. The first kappa shape index (κ1) is 22.5. The van der Waals surface area contributed by atoms with Crippen molar-refractivity contribution in [2.75, 3.05) is 23.4 Å². The Morgan fingerprint density at radius 2 is 1.91 bits per heavy atom. The van der Waals surface area contributed by atoms with Crippen LogP contribution in [0.4, 0.5) is 11.6 Å². The summed E-state index contributed by atoms with van der Waals surface area (Å²) in [6.07, 6.45) is 1.42. The van der Waals surface area contributed by atoms with E-state index >= 15 is 0 Å². The molecule has 0 aliphatic carbocycles. The number of aryl methyl sites for hydroxylation is 1. The van der Waals surface area contributed by atoms with E-state index in [1.807, 2.05) is 31.2 Å². The Bertz CT molecular complexity index is 1220. The summed E-state index contributed by atoms with van der Waals surface area (Å²) in [7, 11) is 0. The molecule has 1 atom stereocenters. The zero-order valence-electron chi connectivity index (χ0n) is 18.6. The van der Waals surface area contributed by atoms with Gasteiger partial charge in [0.2, 0.25) is 11.9 Å². The molecule has 8 nitrogen and oxygen atoms in total. The molecule has 3 aromatic rings. The van der Waals surface area contributed by atoms with E-state index in [-0.39, 0.29) is 19.1 Å². The monoisotopic (exact) mass is 465 g/mol. The number of nitrogens with zero attached hydrogens (tertiary/aromatic N) is 4. The summed E-state index contributed by atoms with van der Waals surface area (Å²) in [5.74, 6) is -0.280. The number of allylic oxidation sites excluding steroid dienone is 1. The highest BCUT2D eigenvalue weighted by Gasteiger charge is 2.38. The van der Waals surface area contributed by atoms with Gasteiger partial charge in [0.25, 0.3) is 0 Å². The van der Waals surface area contributed by atoms with E-state index in [1.54, 1.807) is 47.7 Å². The van der Waals surface area contributed by atoms with E-state index < -0.39 is 12.0 Å². The van der Waals surface area contributed by atoms with Crippen molar-refractivity contribution < 1.29 is 14.3 Å². The first-order chi connectivity index (χ1) is 15.9. The molecule has 0 saturated heterocycles. The highest BCUT2D eigenvalue weighted by Crippen LogP contribution is 2.38. The molecule has 1 aromatic heterocycles. The molecule has 33 heavy (non-hydrogen) atoms. The van der Waals surface area contributed by atoms with Crippen LogP contribution in [0, 0.1) is 6.92 Å². The second-order valence-corrected chi connectivity index (χ2v) is 8.12. The fraction of sp³-hybridized carbons (Fsp3) is 0.250. The predicted molar refractivity (Wildman–Crippen MR) is 126 cm³/mol. The minimum Gasteiger partial charge on any atom is -0.463 e. The second-order valence-electron chi connectivity index (χ2n) is 7.68. The summed E-state index contributed by atoms with van der Waals surface area (Å²) in [4.78, 5) is 32.0. The van der Waals surface area contributed by atoms with E-state index in [0.717, 1.165) is 11.1 Å². The lowest BCUT2D eigenvalue weighted by atomic mass is 9.94. The summed E-state index contributed by atoms with van der Waals surface area (Å²) < 4.78 is 7.03. The SMILES string of the molecule is CCOC(=O)C1=C(C)N(CC(=O)Nc2cccc(Cl)c2)c2ncnn2[C@H]1c1ccc(C)cc1. The van der Waals surface area contributed by atoms with Crippen molar-refractivity contribution in [1.82, 2.24) is 14.8 Å². The molecule has 1 aliphatic rings. The van der Waals surface area contributed by atoms with Gasteiger partial charge in [-0.2, -0.15) is 10.1 Å². The van der Waals surface area contributed by atoms with Crippen LogP contribution in [0.1, 0.15) is 31.0 Å². The Labute approximate surface area is 196 Å². The molecular weight excluding hydrogens is 442 g/mol. The van der Waals surface area contributed by atoms with Crippen LogP contribution in [-0.4, -0.2) is 39.8 Å². The van der Waals surface area contributed by atoms with Crippen LogP contribution in [-0.2, 0) is 14.3 Å². The molecule has 0 spiro atoms. The number of benzene rings is 2. The number of fused-ring (bicyclic) bond motifs is 1. The van der Waals surface area contributed by atoms with Crippen molar-refractivity contribution in [1.29, 1.82) is 0 Å². The molecule has 0 unspecified atom stereocenters. The standard InChI is InChI=1S/C24H24ClN5O3/c1-4-33-23(32)21-16(3)29(13-20(31)28-19-7-5-6-18(25)12-19)24-26-14-27-30(24)22(21)17-10-8-15(2)9-11-17/h5-12,14,22H,4,13H2,1-3H3,(H,28,31)/t22-/m0/s1. The minimum atomic E-state index is -0.519. The number of carbonyl (C=O) groups excluding carboxylic acids is 2. The van der Waals surface area contributed by atoms with Crippen LogP contribution in [0.15, 0.2) is 66.1 Å². The van der Waals surface area contributed by atoms with Crippen LogP contribution in [0.5, 0.6) is 0 Å². The van der Waals surface area contributed by atoms with Gasteiger partial charge in [-0.15, -0.1) is 0 Å². The van der Waals surface area contributed by atoms with Gasteiger partial charge in [-0.3, -0.25) is 4.79 Å². The predicted octanol–water partition coefficient (Wildman–Crippen LogP) is 4.13. The summed E-state index contributed by atoms with van der Waals surface area (Å²) in [5, 5.41) is 7.74. The quantitative estimate of drug-likeness (QED) is 0.551. The maximum atomic E-state index is 13.1. The van der Waals surface area contributed by atoms with E-state index in [9.17, 15) is 9.59 Å². The first-order valence-corrected chi connectivity index (χ1v) is 10.9. The molecule has 1 N–H and O–H groups in total. The number of nitrogens with one attached hydrogen (secondary N) is 1. The number of halogens is 1. The Kier molecular flexibility index (Phi) is 6.46. The number of anilines is 2. The molecule has 4 rings (SSSR count). The number of amides is 1. The molecule has 1 amide bonds. The zero-order chi connectivity index (χ0) is 23.5. The summed E-state index contributed by atoms with van der Waals surface area (Å²) in [5.41, 5.74) is 3.55. The number of esters is 1. The van der Waals surface area contributed by atoms with Gasteiger partial charge in [0.05, 0.1) is 12.2 Å². The van der Waals surface area contributed by atoms with Gasteiger partial charge in [-0.05, 0) is 44.5 Å². The molecule has 0 fully saturated rings. The van der Waals surface area contributed by atoms with Gasteiger partial charge < -0.3 is 15.0 Å². The maximum absolute atomic E-state index is 13.1. The number of ether oxygens (including phenoxy) is 1. The third kappa shape index (κ3) is 4.61. The van der Waals surface area contributed by atoms with Crippen molar-refractivity contribution >= 4 is 35.1 Å². The minimum absolute atomic E-state index is 0.0689. The summed E-state index contributed by atoms with van der Waals surface area (Å²) in [6, 6.07) is 14.3. The Hall–Kier alpha value is -3.65. The highest BCUT2D eigenvalue weighted by molar-refractivity contribution is 6.30. The van der Waals surface area contributed by atoms with Gasteiger partial charge >= 0.3 is 5.97 Å². The Morgan fingerprint density at radius 3 is 2.61 bits per heavy atom. The molecule has 9 heteroatoms. The largest absolute Gasteiger partial charge is 0.463 e. The fourth-order valence-corrected chi connectivity index (χ4v) is 4.05. The van der Waals surface area contributed by atoms with Crippen molar-refractivity contribution in [3.63, 3.8) is 0 Å². The maximum Gasteiger partial charge on any atom is 0.338 e. The number of carbonyl (C=O) groups is 2. The molecule has 0 radical (unpaired) electrons. The second kappa shape index (κ2) is 9.46. The summed E-state index contributed by atoms with van der Waals surface area (Å²) >= 11 is 6.02. The normalized spacial score (nSPS) is 15.3. The first-order valence-electron chi connectivity index (χ1n) is 10.6. The number of hydrogen-bond donors (Lipinski definition) is 1. The molecular formula is C24H24ClN5O3. The van der Waals surface area contributed by atoms with Crippen LogP contribution in [0.3, 0.4) is 0 Å². The van der Waals surface area contributed by atoms with Crippen LogP contribution in [0.25, 0.3) is 0 Å². The number of rotatable bonds is 6. The average molecular weight is 466 g/mol. The van der Waals surface area contributed by atoms with E-state index in [4.69, 9.17) is 16.3 Å².